The van der Waals surface area contributed by atoms with Crippen molar-refractivity contribution in [3.63, 3.8) is 0 Å². The van der Waals surface area contributed by atoms with Gasteiger partial charge in [0.15, 0.2) is 0 Å². The Bertz CT molecular complexity index is 739. The number of nitrogens with one attached hydrogen (secondary N) is 1. The van der Waals surface area contributed by atoms with Crippen LogP contribution in [-0.4, -0.2) is 42.9 Å². The van der Waals surface area contributed by atoms with E-state index >= 15 is 0 Å². The molecule has 0 aromatic heterocycles. The Morgan fingerprint density at radius 3 is 2.42 bits per heavy atom. The van der Waals surface area contributed by atoms with Gasteiger partial charge in [0.25, 0.3) is 0 Å². The zero-order chi connectivity index (χ0) is 18.5. The number of anilines is 1. The third-order valence-electron chi connectivity index (χ3n) is 4.82. The van der Waals surface area contributed by atoms with Crippen LogP contribution in [0.25, 0.3) is 0 Å². The van der Waals surface area contributed by atoms with E-state index in [9.17, 15) is 9.18 Å². The van der Waals surface area contributed by atoms with Crippen molar-refractivity contribution in [1.29, 1.82) is 0 Å². The van der Waals surface area contributed by atoms with Crippen molar-refractivity contribution < 1.29 is 9.18 Å². The van der Waals surface area contributed by atoms with Gasteiger partial charge < -0.3 is 5.32 Å². The number of likely N-dealkylation sites (tertiary alicyclic amines) is 1. The maximum atomic E-state index is 13.2. The van der Waals surface area contributed by atoms with E-state index in [1.54, 1.807) is 12.1 Å². The van der Waals surface area contributed by atoms with E-state index < -0.39 is 6.04 Å². The number of likely N-dealkylation sites (N-methyl/N-ethyl adjacent to an activating group) is 1. The first-order chi connectivity index (χ1) is 12.5. The molecule has 2 aromatic rings. The number of rotatable bonds is 6. The minimum atomic E-state index is -0.476. The van der Waals surface area contributed by atoms with Gasteiger partial charge in [0.2, 0.25) is 5.91 Å². The molecule has 0 radical (unpaired) electrons. The summed E-state index contributed by atoms with van der Waals surface area (Å²) in [5.74, 6) is -0.418. The Kier molecular flexibility index (Phi) is 6.01. The Morgan fingerprint density at radius 2 is 1.77 bits per heavy atom. The molecular weight excluding hydrogens is 329 g/mol. The molecule has 1 amide bonds. The van der Waals surface area contributed by atoms with Gasteiger partial charge in [0.05, 0.1) is 0 Å². The highest BCUT2D eigenvalue weighted by Gasteiger charge is 2.24. The number of para-hydroxylation sites is 1. The third-order valence-corrected chi connectivity index (χ3v) is 4.82. The minimum absolute atomic E-state index is 0.115. The number of amides is 1. The van der Waals surface area contributed by atoms with E-state index in [1.165, 1.54) is 25.0 Å². The molecule has 0 aliphatic carbocycles. The fourth-order valence-electron chi connectivity index (χ4n) is 3.49. The summed E-state index contributed by atoms with van der Waals surface area (Å²) in [6, 6.07) is 13.6. The molecule has 0 bridgehead atoms. The van der Waals surface area contributed by atoms with Gasteiger partial charge >= 0.3 is 0 Å². The van der Waals surface area contributed by atoms with Crippen LogP contribution in [0.15, 0.2) is 48.5 Å². The number of hydrogen-bond acceptors (Lipinski definition) is 3. The predicted octanol–water partition coefficient (Wildman–Crippen LogP) is 3.66. The van der Waals surface area contributed by atoms with Crippen LogP contribution in [0.2, 0.25) is 0 Å². The first-order valence-electron chi connectivity index (χ1n) is 9.07. The fraction of sp³-hybridized carbons (Fsp3) is 0.381. The van der Waals surface area contributed by atoms with Crippen molar-refractivity contribution in [2.75, 3.05) is 32.5 Å². The molecule has 26 heavy (non-hydrogen) atoms. The SMILES string of the molecule is CN(C)C(C(=O)Nc1ccccc1CN1CCCC1)c1ccc(F)cc1. The summed E-state index contributed by atoms with van der Waals surface area (Å²) in [6.07, 6.45) is 2.48. The smallest absolute Gasteiger partial charge is 0.246 e. The topological polar surface area (TPSA) is 35.6 Å². The molecule has 1 fully saturated rings. The van der Waals surface area contributed by atoms with Crippen LogP contribution < -0.4 is 5.32 Å². The van der Waals surface area contributed by atoms with E-state index in [4.69, 9.17) is 0 Å². The molecule has 1 aliphatic heterocycles. The minimum Gasteiger partial charge on any atom is -0.324 e. The average Bonchev–Trinajstić information content (AvgIpc) is 3.11. The number of hydrogen-bond donors (Lipinski definition) is 1. The summed E-state index contributed by atoms with van der Waals surface area (Å²) in [6.45, 7) is 3.07. The number of nitrogens with zero attached hydrogens (tertiary/aromatic N) is 2. The predicted molar refractivity (Wildman–Crippen MR) is 102 cm³/mol. The summed E-state index contributed by atoms with van der Waals surface area (Å²) in [5, 5.41) is 3.08. The van der Waals surface area contributed by atoms with Crippen LogP contribution in [0.4, 0.5) is 10.1 Å². The zero-order valence-corrected chi connectivity index (χ0v) is 15.4. The van der Waals surface area contributed by atoms with Crippen molar-refractivity contribution in [1.82, 2.24) is 9.80 Å². The first kappa shape index (κ1) is 18.5. The van der Waals surface area contributed by atoms with Crippen LogP contribution in [0.3, 0.4) is 0 Å². The summed E-state index contributed by atoms with van der Waals surface area (Å²) in [4.78, 5) is 17.2. The highest BCUT2D eigenvalue weighted by molar-refractivity contribution is 5.96. The fourth-order valence-corrected chi connectivity index (χ4v) is 3.49. The van der Waals surface area contributed by atoms with E-state index in [1.807, 2.05) is 37.2 Å². The van der Waals surface area contributed by atoms with Gasteiger partial charge in [-0.3, -0.25) is 14.6 Å². The van der Waals surface area contributed by atoms with Gasteiger partial charge in [-0.25, -0.2) is 4.39 Å². The molecular formula is C21H26FN3O. The normalized spacial score (nSPS) is 16.0. The average molecular weight is 355 g/mol. The standard InChI is InChI=1S/C21H26FN3O/c1-24(2)20(16-9-11-18(22)12-10-16)21(26)23-19-8-4-3-7-17(19)15-25-13-5-6-14-25/h3-4,7-12,20H,5-6,13-15H2,1-2H3,(H,23,26). The molecule has 1 aliphatic rings. The number of benzene rings is 2. The molecule has 0 spiro atoms. The lowest BCUT2D eigenvalue weighted by atomic mass is 10.0. The summed E-state index contributed by atoms with van der Waals surface area (Å²) in [7, 11) is 3.70. The second-order valence-electron chi connectivity index (χ2n) is 7.05. The maximum absolute atomic E-state index is 13.2. The molecule has 138 valence electrons. The number of carbonyl (C=O) groups is 1. The highest BCUT2D eigenvalue weighted by atomic mass is 19.1. The number of halogens is 1. The van der Waals surface area contributed by atoms with Crippen LogP contribution in [0.1, 0.15) is 30.0 Å². The monoisotopic (exact) mass is 355 g/mol. The molecule has 3 rings (SSSR count). The second-order valence-corrected chi connectivity index (χ2v) is 7.05. The second kappa shape index (κ2) is 8.43. The largest absolute Gasteiger partial charge is 0.324 e. The van der Waals surface area contributed by atoms with Crippen molar-refractivity contribution in [2.45, 2.75) is 25.4 Å². The zero-order valence-electron chi connectivity index (χ0n) is 15.4. The van der Waals surface area contributed by atoms with Gasteiger partial charge in [0, 0.05) is 12.2 Å². The Hall–Kier alpha value is -2.24. The molecule has 2 aromatic carbocycles. The molecule has 0 saturated carbocycles. The van der Waals surface area contributed by atoms with Crippen molar-refractivity contribution >= 4 is 11.6 Å². The van der Waals surface area contributed by atoms with Gasteiger partial charge in [-0.05, 0) is 69.4 Å². The Morgan fingerprint density at radius 1 is 1.12 bits per heavy atom. The highest BCUT2D eigenvalue weighted by Crippen LogP contribution is 2.24. The lowest BCUT2D eigenvalue weighted by molar-refractivity contribution is -0.120. The van der Waals surface area contributed by atoms with Gasteiger partial charge in [-0.15, -0.1) is 0 Å². The van der Waals surface area contributed by atoms with Gasteiger partial charge in [0.1, 0.15) is 11.9 Å². The van der Waals surface area contributed by atoms with Crippen LogP contribution in [0, 0.1) is 5.82 Å². The third kappa shape index (κ3) is 4.48. The van der Waals surface area contributed by atoms with Crippen LogP contribution in [0.5, 0.6) is 0 Å². The molecule has 1 atom stereocenters. The molecule has 1 N–H and O–H groups in total. The quantitative estimate of drug-likeness (QED) is 0.859. The molecule has 1 unspecified atom stereocenters. The molecule has 5 heteroatoms. The van der Waals surface area contributed by atoms with Crippen molar-refractivity contribution in [2.24, 2.45) is 0 Å². The van der Waals surface area contributed by atoms with Gasteiger partial charge in [-0.1, -0.05) is 30.3 Å². The molecule has 1 saturated heterocycles. The Balaban J connectivity index is 1.78. The maximum Gasteiger partial charge on any atom is 0.246 e. The van der Waals surface area contributed by atoms with Crippen LogP contribution in [-0.2, 0) is 11.3 Å². The lowest BCUT2D eigenvalue weighted by Crippen LogP contribution is -2.32. The van der Waals surface area contributed by atoms with Crippen LogP contribution >= 0.6 is 0 Å². The lowest BCUT2D eigenvalue weighted by Gasteiger charge is -2.25. The molecule has 1 heterocycles. The van der Waals surface area contributed by atoms with E-state index in [0.29, 0.717) is 0 Å². The van der Waals surface area contributed by atoms with Gasteiger partial charge in [-0.2, -0.15) is 0 Å². The summed E-state index contributed by atoms with van der Waals surface area (Å²) >= 11 is 0. The molecule has 4 nitrogen and oxygen atoms in total. The number of carbonyl (C=O) groups excluding carboxylic acids is 1. The van der Waals surface area contributed by atoms with Crippen molar-refractivity contribution in [3.05, 3.63) is 65.5 Å². The first-order valence-corrected chi connectivity index (χ1v) is 9.07. The summed E-state index contributed by atoms with van der Waals surface area (Å²) in [5.41, 5.74) is 2.74. The van der Waals surface area contributed by atoms with Crippen molar-refractivity contribution in [3.8, 4) is 0 Å². The van der Waals surface area contributed by atoms with E-state index in [2.05, 4.69) is 16.3 Å². The Labute approximate surface area is 154 Å². The van der Waals surface area contributed by atoms with E-state index in [-0.39, 0.29) is 11.7 Å². The summed E-state index contributed by atoms with van der Waals surface area (Å²) < 4.78 is 13.2. The van der Waals surface area contributed by atoms with E-state index in [0.717, 1.165) is 36.4 Å².